The van der Waals surface area contributed by atoms with Crippen molar-refractivity contribution >= 4 is 33.5 Å². The quantitative estimate of drug-likeness (QED) is 0.596. The summed E-state index contributed by atoms with van der Waals surface area (Å²) in [6, 6.07) is 12.2. The van der Waals surface area contributed by atoms with Crippen LogP contribution in [-0.2, 0) is 19.6 Å². The van der Waals surface area contributed by atoms with Crippen molar-refractivity contribution in [3.8, 4) is 0 Å². The van der Waals surface area contributed by atoms with Gasteiger partial charge in [-0.05, 0) is 49.7 Å². The normalized spacial score (nSPS) is 16.0. The van der Waals surface area contributed by atoms with Crippen LogP contribution in [0.3, 0.4) is 0 Å². The Labute approximate surface area is 199 Å². The van der Waals surface area contributed by atoms with Gasteiger partial charge in [0.2, 0.25) is 10.0 Å². The molecule has 1 unspecified atom stereocenters. The summed E-state index contributed by atoms with van der Waals surface area (Å²) in [6.07, 6.45) is 0. The molecule has 1 amide bonds. The molecule has 2 aromatic carbocycles. The number of nitrogens with zero attached hydrogens (tertiary/aromatic N) is 2. The van der Waals surface area contributed by atoms with Crippen LogP contribution in [0.1, 0.15) is 35.8 Å². The van der Waals surface area contributed by atoms with Gasteiger partial charge in [-0.3, -0.25) is 9.69 Å². The van der Waals surface area contributed by atoms with E-state index >= 15 is 0 Å². The predicted octanol–water partition coefficient (Wildman–Crippen LogP) is 2.70. The third-order valence-corrected chi connectivity index (χ3v) is 7.41. The summed E-state index contributed by atoms with van der Waals surface area (Å²) in [7, 11) is -2.28. The Morgan fingerprint density at radius 2 is 1.61 bits per heavy atom. The van der Waals surface area contributed by atoms with Gasteiger partial charge >= 0.3 is 5.97 Å². The Kier molecular flexibility index (Phi) is 8.12. The highest BCUT2D eigenvalue weighted by atomic mass is 35.5. The number of carbonyl (C=O) groups excluding carboxylic acids is 2. The summed E-state index contributed by atoms with van der Waals surface area (Å²) in [5.41, 5.74) is 1.07. The summed E-state index contributed by atoms with van der Waals surface area (Å²) in [4.78, 5) is 29.2. The monoisotopic (exact) mass is 493 g/mol. The van der Waals surface area contributed by atoms with Crippen molar-refractivity contribution in [3.63, 3.8) is 0 Å². The lowest BCUT2D eigenvalue weighted by Crippen LogP contribution is -2.51. The van der Waals surface area contributed by atoms with Crippen LogP contribution < -0.4 is 4.72 Å². The number of methoxy groups -OCH3 is 1. The minimum absolute atomic E-state index is 0.109. The van der Waals surface area contributed by atoms with E-state index in [2.05, 4.69) is 4.72 Å². The molecule has 33 heavy (non-hydrogen) atoms. The predicted molar refractivity (Wildman–Crippen MR) is 126 cm³/mol. The fraction of sp³-hybridized carbons (Fsp3) is 0.391. The second kappa shape index (κ2) is 10.6. The number of amides is 1. The first-order chi connectivity index (χ1) is 15.6. The van der Waals surface area contributed by atoms with Gasteiger partial charge in [-0.2, -0.15) is 0 Å². The second-order valence-corrected chi connectivity index (χ2v) is 10.2. The largest absolute Gasteiger partial charge is 0.468 e. The third-order valence-electron chi connectivity index (χ3n) is 5.39. The zero-order valence-corrected chi connectivity index (χ0v) is 20.4. The van der Waals surface area contributed by atoms with Crippen LogP contribution in [0.5, 0.6) is 0 Å². The third kappa shape index (κ3) is 5.92. The Morgan fingerprint density at radius 3 is 2.15 bits per heavy atom. The minimum Gasteiger partial charge on any atom is -0.468 e. The van der Waals surface area contributed by atoms with Crippen LogP contribution in [0.15, 0.2) is 53.4 Å². The average Bonchev–Trinajstić information content (AvgIpc) is 2.79. The van der Waals surface area contributed by atoms with E-state index in [1.165, 1.54) is 31.4 Å². The highest BCUT2D eigenvalue weighted by Crippen LogP contribution is 2.29. The molecule has 0 aliphatic carbocycles. The zero-order valence-electron chi connectivity index (χ0n) is 18.8. The molecule has 1 saturated heterocycles. The van der Waals surface area contributed by atoms with Gasteiger partial charge in [0.1, 0.15) is 6.04 Å². The maximum atomic E-state index is 13.0. The highest BCUT2D eigenvalue weighted by molar-refractivity contribution is 7.89. The molecule has 1 aliphatic heterocycles. The molecular weight excluding hydrogens is 466 g/mol. The van der Waals surface area contributed by atoms with Crippen molar-refractivity contribution < 1.29 is 22.7 Å². The number of hydrogen-bond donors (Lipinski definition) is 1. The van der Waals surface area contributed by atoms with Crippen LogP contribution in [0.25, 0.3) is 0 Å². The first-order valence-corrected chi connectivity index (χ1v) is 12.5. The van der Waals surface area contributed by atoms with E-state index in [-0.39, 0.29) is 16.8 Å². The lowest BCUT2D eigenvalue weighted by molar-refractivity contribution is -0.148. The second-order valence-electron chi connectivity index (χ2n) is 8.08. The molecule has 1 N–H and O–H groups in total. The molecule has 1 heterocycles. The summed E-state index contributed by atoms with van der Waals surface area (Å²) in [5.74, 6) is -0.600. The van der Waals surface area contributed by atoms with Crippen LogP contribution in [0.4, 0.5) is 0 Å². The molecule has 0 saturated carbocycles. The average molecular weight is 494 g/mol. The van der Waals surface area contributed by atoms with Gasteiger partial charge in [-0.25, -0.2) is 17.9 Å². The van der Waals surface area contributed by atoms with E-state index in [9.17, 15) is 18.0 Å². The van der Waals surface area contributed by atoms with Crippen LogP contribution in [-0.4, -0.2) is 69.4 Å². The smallest absolute Gasteiger partial charge is 0.327 e. The van der Waals surface area contributed by atoms with Crippen LogP contribution in [0, 0.1) is 0 Å². The number of hydrogen-bond acceptors (Lipinski definition) is 6. The summed E-state index contributed by atoms with van der Waals surface area (Å²) in [5, 5.41) is 0.480. The fourth-order valence-electron chi connectivity index (χ4n) is 3.80. The van der Waals surface area contributed by atoms with E-state index in [0.717, 1.165) is 0 Å². The van der Waals surface area contributed by atoms with Gasteiger partial charge in [-0.1, -0.05) is 29.8 Å². The number of benzene rings is 2. The Bertz CT molecular complexity index is 1100. The molecule has 0 bridgehead atoms. The van der Waals surface area contributed by atoms with Crippen LogP contribution >= 0.6 is 11.6 Å². The molecular formula is C23H28ClN3O5S. The molecule has 0 spiro atoms. The van der Waals surface area contributed by atoms with Gasteiger partial charge < -0.3 is 9.64 Å². The topological polar surface area (TPSA) is 96.0 Å². The molecule has 8 nitrogen and oxygen atoms in total. The van der Waals surface area contributed by atoms with Crippen molar-refractivity contribution in [2.24, 2.45) is 0 Å². The van der Waals surface area contributed by atoms with E-state index in [1.54, 1.807) is 36.9 Å². The SMILES string of the molecule is COC(=O)C(c1ccccc1Cl)N1CCN(C(=O)c2ccc(S(=O)(=O)NC(C)C)cc2)CC1. The van der Waals surface area contributed by atoms with E-state index < -0.39 is 22.0 Å². The molecule has 2 aromatic rings. The van der Waals surface area contributed by atoms with Gasteiger partial charge in [0.05, 0.1) is 12.0 Å². The zero-order chi connectivity index (χ0) is 24.2. The fourth-order valence-corrected chi connectivity index (χ4v) is 5.29. The maximum Gasteiger partial charge on any atom is 0.327 e. The lowest BCUT2D eigenvalue weighted by Gasteiger charge is -2.38. The lowest BCUT2D eigenvalue weighted by atomic mass is 10.0. The van der Waals surface area contributed by atoms with Crippen molar-refractivity contribution in [2.45, 2.75) is 30.8 Å². The number of carbonyl (C=O) groups is 2. The Hall–Kier alpha value is -2.46. The van der Waals surface area contributed by atoms with Crippen LogP contribution in [0.2, 0.25) is 5.02 Å². The number of sulfonamides is 1. The van der Waals surface area contributed by atoms with Crippen molar-refractivity contribution in [1.82, 2.24) is 14.5 Å². The van der Waals surface area contributed by atoms with Crippen molar-refractivity contribution in [2.75, 3.05) is 33.3 Å². The number of rotatable bonds is 7. The number of piperazine rings is 1. The molecule has 1 fully saturated rings. The summed E-state index contributed by atoms with van der Waals surface area (Å²) >= 11 is 6.32. The molecule has 0 radical (unpaired) electrons. The van der Waals surface area contributed by atoms with Gasteiger partial charge in [-0.15, -0.1) is 0 Å². The van der Waals surface area contributed by atoms with Gasteiger partial charge in [0.25, 0.3) is 5.91 Å². The van der Waals surface area contributed by atoms with Gasteiger partial charge in [0.15, 0.2) is 0 Å². The molecule has 0 aromatic heterocycles. The molecule has 3 rings (SSSR count). The maximum absolute atomic E-state index is 13.0. The van der Waals surface area contributed by atoms with E-state index in [0.29, 0.717) is 42.3 Å². The van der Waals surface area contributed by atoms with E-state index in [4.69, 9.17) is 16.3 Å². The minimum atomic E-state index is -3.62. The van der Waals surface area contributed by atoms with Gasteiger partial charge in [0, 0.05) is 42.8 Å². The van der Waals surface area contributed by atoms with Crippen molar-refractivity contribution in [3.05, 3.63) is 64.7 Å². The number of esters is 1. The van der Waals surface area contributed by atoms with Crippen molar-refractivity contribution in [1.29, 1.82) is 0 Å². The van der Waals surface area contributed by atoms with E-state index in [1.807, 2.05) is 11.0 Å². The number of nitrogens with one attached hydrogen (secondary N) is 1. The summed E-state index contributed by atoms with van der Waals surface area (Å²) in [6.45, 7) is 5.22. The first-order valence-electron chi connectivity index (χ1n) is 10.6. The Balaban J connectivity index is 1.69. The highest BCUT2D eigenvalue weighted by Gasteiger charge is 2.33. The summed E-state index contributed by atoms with van der Waals surface area (Å²) < 4.78 is 32.1. The number of ether oxygens (including phenoxy) is 1. The molecule has 10 heteroatoms. The Morgan fingerprint density at radius 1 is 1.00 bits per heavy atom. The number of halogens is 1. The first kappa shape index (κ1) is 25.2. The molecule has 1 aliphatic rings. The molecule has 1 atom stereocenters. The standard InChI is InChI=1S/C23H28ClN3O5S/c1-16(2)25-33(30,31)18-10-8-17(9-11-18)22(28)27-14-12-26(13-15-27)21(23(29)32-3)19-6-4-5-7-20(19)24/h4-11,16,21,25H,12-15H2,1-3H3. The molecule has 178 valence electrons.